The molecule has 3 heterocycles. The number of benzene rings is 1. The van der Waals surface area contributed by atoms with Crippen molar-refractivity contribution in [1.29, 1.82) is 0 Å². The largest absolute Gasteiger partial charge is 0.431 e. The fraction of sp³-hybridized carbons (Fsp3) is 0.263. The maximum Gasteiger partial charge on any atom is 0.387 e. The van der Waals surface area contributed by atoms with Crippen LogP contribution in [0.2, 0.25) is 5.02 Å². The number of hydrogen-bond acceptors (Lipinski definition) is 3. The summed E-state index contributed by atoms with van der Waals surface area (Å²) in [5, 5.41) is 0.693. The monoisotopic (exact) mass is 375 g/mol. The third-order valence-electron chi connectivity index (χ3n) is 4.36. The fourth-order valence-electron chi connectivity index (χ4n) is 3.34. The summed E-state index contributed by atoms with van der Waals surface area (Å²) < 4.78 is 31.6. The normalized spacial score (nSPS) is 15.8. The van der Waals surface area contributed by atoms with Gasteiger partial charge in [0.1, 0.15) is 0 Å². The van der Waals surface area contributed by atoms with Crippen LogP contribution in [0.4, 0.5) is 8.78 Å². The van der Waals surface area contributed by atoms with Crippen LogP contribution >= 0.6 is 11.6 Å². The molecule has 0 aliphatic carbocycles. The highest BCUT2D eigenvalue weighted by molar-refractivity contribution is 6.32. The van der Waals surface area contributed by atoms with Gasteiger partial charge in [0.15, 0.2) is 11.4 Å². The topological polar surface area (TPSA) is 38.9 Å². The van der Waals surface area contributed by atoms with Crippen LogP contribution in [0.5, 0.6) is 5.75 Å². The van der Waals surface area contributed by atoms with Crippen LogP contribution in [-0.4, -0.2) is 27.2 Å². The van der Waals surface area contributed by atoms with Crippen molar-refractivity contribution < 1.29 is 13.5 Å². The SMILES string of the molecule is CC1(C)Cc2c(Cl)cccc2C(c2cnc3c(OC(F)F)cccn23)=N1. The summed E-state index contributed by atoms with van der Waals surface area (Å²) in [6.45, 7) is 1.16. The van der Waals surface area contributed by atoms with Gasteiger partial charge in [-0.1, -0.05) is 23.7 Å². The highest BCUT2D eigenvalue weighted by atomic mass is 35.5. The Morgan fingerprint density at radius 3 is 2.81 bits per heavy atom. The molecule has 0 unspecified atom stereocenters. The van der Waals surface area contributed by atoms with E-state index in [1.807, 2.05) is 32.0 Å². The molecule has 0 saturated heterocycles. The molecular weight excluding hydrogens is 360 g/mol. The molecule has 1 aliphatic heterocycles. The summed E-state index contributed by atoms with van der Waals surface area (Å²) in [7, 11) is 0. The second kappa shape index (κ2) is 6.06. The van der Waals surface area contributed by atoms with Crippen LogP contribution in [0.1, 0.15) is 30.7 Å². The Bertz CT molecular complexity index is 1030. The zero-order valence-electron chi connectivity index (χ0n) is 14.2. The van der Waals surface area contributed by atoms with Crippen molar-refractivity contribution in [2.45, 2.75) is 32.4 Å². The zero-order valence-corrected chi connectivity index (χ0v) is 15.0. The highest BCUT2D eigenvalue weighted by Crippen LogP contribution is 2.34. The van der Waals surface area contributed by atoms with E-state index in [0.717, 1.165) is 23.3 Å². The van der Waals surface area contributed by atoms with Crippen LogP contribution in [0.15, 0.2) is 47.7 Å². The number of ether oxygens (including phenoxy) is 1. The Morgan fingerprint density at radius 1 is 1.23 bits per heavy atom. The van der Waals surface area contributed by atoms with Gasteiger partial charge in [-0.05, 0) is 44.0 Å². The maximum atomic E-state index is 12.7. The minimum absolute atomic E-state index is 0.0238. The first-order valence-corrected chi connectivity index (χ1v) is 8.52. The van der Waals surface area contributed by atoms with E-state index in [4.69, 9.17) is 16.6 Å². The predicted molar refractivity (Wildman–Crippen MR) is 96.7 cm³/mol. The molecule has 26 heavy (non-hydrogen) atoms. The first kappa shape index (κ1) is 17.0. The molecule has 0 amide bonds. The lowest BCUT2D eigenvalue weighted by atomic mass is 9.86. The van der Waals surface area contributed by atoms with Gasteiger partial charge in [-0.3, -0.25) is 9.39 Å². The summed E-state index contributed by atoms with van der Waals surface area (Å²) >= 11 is 6.42. The van der Waals surface area contributed by atoms with E-state index < -0.39 is 6.61 Å². The van der Waals surface area contributed by atoms with Gasteiger partial charge in [0.25, 0.3) is 0 Å². The molecule has 0 atom stereocenters. The van der Waals surface area contributed by atoms with Gasteiger partial charge in [-0.15, -0.1) is 0 Å². The molecule has 1 aromatic carbocycles. The Hall–Kier alpha value is -2.47. The molecule has 4 rings (SSSR count). The molecular formula is C19H16ClF2N3O. The molecule has 0 N–H and O–H groups in total. The Morgan fingerprint density at radius 2 is 2.04 bits per heavy atom. The third-order valence-corrected chi connectivity index (χ3v) is 4.71. The van der Waals surface area contributed by atoms with E-state index in [0.29, 0.717) is 16.4 Å². The van der Waals surface area contributed by atoms with E-state index in [1.54, 1.807) is 22.9 Å². The quantitative estimate of drug-likeness (QED) is 0.662. The molecule has 4 nitrogen and oxygen atoms in total. The predicted octanol–water partition coefficient (Wildman–Crippen LogP) is 4.76. The lowest BCUT2D eigenvalue weighted by Gasteiger charge is -2.29. The van der Waals surface area contributed by atoms with Crippen molar-refractivity contribution in [3.63, 3.8) is 0 Å². The number of nitrogens with zero attached hydrogens (tertiary/aromatic N) is 3. The number of fused-ring (bicyclic) bond motifs is 2. The number of imidazole rings is 1. The summed E-state index contributed by atoms with van der Waals surface area (Å²) in [5.41, 5.74) is 3.38. The lowest BCUT2D eigenvalue weighted by Crippen LogP contribution is -2.30. The molecule has 1 aliphatic rings. The number of aromatic nitrogens is 2. The first-order valence-electron chi connectivity index (χ1n) is 8.14. The average Bonchev–Trinajstić information content (AvgIpc) is 2.99. The molecule has 0 spiro atoms. The van der Waals surface area contributed by atoms with E-state index in [1.165, 1.54) is 6.07 Å². The van der Waals surface area contributed by atoms with Crippen LogP contribution in [-0.2, 0) is 6.42 Å². The van der Waals surface area contributed by atoms with E-state index in [-0.39, 0.29) is 11.3 Å². The van der Waals surface area contributed by atoms with Crippen LogP contribution in [0.3, 0.4) is 0 Å². The smallest absolute Gasteiger partial charge is 0.387 e. The number of aliphatic imine (C=N–C) groups is 1. The molecule has 3 aromatic rings. The lowest BCUT2D eigenvalue weighted by molar-refractivity contribution is -0.0491. The Labute approximate surface area is 154 Å². The summed E-state index contributed by atoms with van der Waals surface area (Å²) in [6.07, 6.45) is 4.10. The average molecular weight is 376 g/mol. The second-order valence-corrected chi connectivity index (χ2v) is 7.21. The van der Waals surface area contributed by atoms with Gasteiger partial charge in [0.05, 0.1) is 23.1 Å². The van der Waals surface area contributed by atoms with Gasteiger partial charge in [0, 0.05) is 16.8 Å². The Balaban J connectivity index is 1.93. The number of rotatable bonds is 3. The number of alkyl halides is 2. The van der Waals surface area contributed by atoms with E-state index >= 15 is 0 Å². The molecule has 7 heteroatoms. The van der Waals surface area contributed by atoms with Gasteiger partial charge >= 0.3 is 6.61 Å². The van der Waals surface area contributed by atoms with Crippen LogP contribution in [0.25, 0.3) is 5.65 Å². The molecule has 2 aromatic heterocycles. The summed E-state index contributed by atoms with van der Waals surface area (Å²) in [4.78, 5) is 9.17. The fourth-order valence-corrected chi connectivity index (χ4v) is 3.58. The minimum atomic E-state index is -2.91. The van der Waals surface area contributed by atoms with E-state index in [9.17, 15) is 8.78 Å². The second-order valence-electron chi connectivity index (χ2n) is 6.80. The first-order chi connectivity index (χ1) is 12.4. The van der Waals surface area contributed by atoms with Crippen molar-refractivity contribution in [1.82, 2.24) is 9.38 Å². The van der Waals surface area contributed by atoms with Crippen molar-refractivity contribution in [2.24, 2.45) is 4.99 Å². The Kier molecular flexibility index (Phi) is 3.95. The highest BCUT2D eigenvalue weighted by Gasteiger charge is 2.30. The molecule has 0 bridgehead atoms. The van der Waals surface area contributed by atoms with E-state index in [2.05, 4.69) is 9.72 Å². The standard InChI is InChI=1S/C19H16ClF2N3O/c1-19(2)9-12-11(5-3-6-13(12)20)16(24-19)14-10-23-17-15(26-18(21)22)7-4-8-25(14)17/h3-8,10,18H,9H2,1-2H3. The van der Waals surface area contributed by atoms with Gasteiger partial charge in [-0.25, -0.2) is 4.98 Å². The van der Waals surface area contributed by atoms with Gasteiger partial charge in [-0.2, -0.15) is 8.78 Å². The molecule has 0 fully saturated rings. The van der Waals surface area contributed by atoms with Gasteiger partial charge < -0.3 is 4.74 Å². The van der Waals surface area contributed by atoms with Crippen molar-refractivity contribution in [2.75, 3.05) is 0 Å². The number of hydrogen-bond donors (Lipinski definition) is 0. The maximum absolute atomic E-state index is 12.7. The molecule has 134 valence electrons. The van der Waals surface area contributed by atoms with Crippen molar-refractivity contribution in [3.05, 3.63) is 64.6 Å². The number of halogens is 3. The molecule has 0 saturated carbocycles. The minimum Gasteiger partial charge on any atom is -0.431 e. The molecule has 0 radical (unpaired) electrons. The summed E-state index contributed by atoms with van der Waals surface area (Å²) in [6, 6.07) is 8.82. The summed E-state index contributed by atoms with van der Waals surface area (Å²) in [5.74, 6) is 0.0238. The van der Waals surface area contributed by atoms with Gasteiger partial charge in [0.2, 0.25) is 0 Å². The third kappa shape index (κ3) is 2.84. The van der Waals surface area contributed by atoms with Crippen LogP contribution in [0, 0.1) is 0 Å². The zero-order chi connectivity index (χ0) is 18.5. The van der Waals surface area contributed by atoms with Crippen LogP contribution < -0.4 is 4.74 Å². The number of pyridine rings is 1. The van der Waals surface area contributed by atoms with Crippen molar-refractivity contribution >= 4 is 23.0 Å². The van der Waals surface area contributed by atoms with Crippen molar-refractivity contribution in [3.8, 4) is 5.75 Å².